The van der Waals surface area contributed by atoms with Crippen LogP contribution in [0.1, 0.15) is 36.7 Å². The van der Waals surface area contributed by atoms with E-state index >= 15 is 0 Å². The minimum atomic E-state index is -1.12. The monoisotopic (exact) mass is 280 g/mol. The van der Waals surface area contributed by atoms with Gasteiger partial charge in [-0.05, 0) is 25.0 Å². The van der Waals surface area contributed by atoms with E-state index in [2.05, 4.69) is 4.98 Å². The molecule has 6 nitrogen and oxygen atoms in total. The van der Waals surface area contributed by atoms with Crippen molar-refractivity contribution in [3.05, 3.63) is 24.0 Å². The smallest absolute Gasteiger partial charge is 0.312 e. The van der Waals surface area contributed by atoms with E-state index in [9.17, 15) is 19.8 Å². The molecular formula is C14H20N2O4. The van der Waals surface area contributed by atoms with Crippen molar-refractivity contribution in [3.63, 3.8) is 0 Å². The number of hydrogen-bond donors (Lipinski definition) is 3. The van der Waals surface area contributed by atoms with Crippen molar-refractivity contribution in [2.75, 3.05) is 13.1 Å². The zero-order valence-electron chi connectivity index (χ0n) is 11.5. The van der Waals surface area contributed by atoms with Gasteiger partial charge in [0.2, 0.25) is 0 Å². The van der Waals surface area contributed by atoms with Crippen molar-refractivity contribution in [2.45, 2.75) is 32.3 Å². The number of carbonyl (C=O) groups is 2. The van der Waals surface area contributed by atoms with E-state index in [-0.39, 0.29) is 18.9 Å². The van der Waals surface area contributed by atoms with Crippen molar-refractivity contribution in [2.24, 2.45) is 5.41 Å². The number of carbonyl (C=O) groups excluding carboxylic acids is 1. The van der Waals surface area contributed by atoms with Crippen molar-refractivity contribution in [3.8, 4) is 0 Å². The second-order valence-corrected chi connectivity index (χ2v) is 5.31. The number of aromatic nitrogens is 1. The van der Waals surface area contributed by atoms with Gasteiger partial charge in [0, 0.05) is 19.3 Å². The molecule has 0 aliphatic carbocycles. The Morgan fingerprint density at radius 2 is 2.30 bits per heavy atom. The fourth-order valence-corrected chi connectivity index (χ4v) is 2.89. The first kappa shape index (κ1) is 14.6. The lowest BCUT2D eigenvalue weighted by atomic mass is 9.73. The van der Waals surface area contributed by atoms with Crippen LogP contribution in [0.2, 0.25) is 0 Å². The Labute approximate surface area is 117 Å². The molecule has 110 valence electrons. The van der Waals surface area contributed by atoms with Crippen molar-refractivity contribution in [1.82, 2.24) is 9.88 Å². The van der Waals surface area contributed by atoms with Gasteiger partial charge in [-0.1, -0.05) is 13.3 Å². The Hall–Kier alpha value is -1.82. The second kappa shape index (κ2) is 5.66. The number of amides is 1. The van der Waals surface area contributed by atoms with E-state index in [1.807, 2.05) is 6.92 Å². The quantitative estimate of drug-likeness (QED) is 0.769. The number of nitrogens with zero attached hydrogens (tertiary/aromatic N) is 1. The number of carboxylic acids is 1. The summed E-state index contributed by atoms with van der Waals surface area (Å²) in [7, 11) is 0. The first-order valence-corrected chi connectivity index (χ1v) is 6.85. The molecule has 1 fully saturated rings. The van der Waals surface area contributed by atoms with Gasteiger partial charge in [-0.3, -0.25) is 9.59 Å². The van der Waals surface area contributed by atoms with Crippen LogP contribution in [-0.2, 0) is 4.79 Å². The molecule has 2 heterocycles. The van der Waals surface area contributed by atoms with Crippen LogP contribution in [0.5, 0.6) is 0 Å². The van der Waals surface area contributed by atoms with E-state index in [0.717, 1.165) is 0 Å². The van der Waals surface area contributed by atoms with Gasteiger partial charge in [0.25, 0.3) is 5.91 Å². The van der Waals surface area contributed by atoms with Crippen molar-refractivity contribution < 1.29 is 19.8 Å². The summed E-state index contributed by atoms with van der Waals surface area (Å²) in [5.41, 5.74) is -0.670. The molecule has 1 saturated heterocycles. The third-order valence-electron chi connectivity index (χ3n) is 4.10. The molecule has 0 spiro atoms. The maximum Gasteiger partial charge on any atom is 0.312 e. The standard InChI is InChI=1S/C14H20N2O4/c1-2-5-14(13(19)20)6-8-16(9-11(14)17)12(18)10-4-3-7-15-10/h3-4,7,11,15,17H,2,5-6,8-9H2,1H3,(H,19,20)/t11-,14-/m0/s1. The van der Waals surface area contributed by atoms with Crippen LogP contribution in [0.15, 0.2) is 18.3 Å². The molecule has 1 aliphatic rings. The summed E-state index contributed by atoms with van der Waals surface area (Å²) in [6.07, 6.45) is 2.02. The number of aliphatic hydroxyl groups is 1. The third-order valence-corrected chi connectivity index (χ3v) is 4.10. The van der Waals surface area contributed by atoms with E-state index in [0.29, 0.717) is 25.1 Å². The molecule has 2 atom stereocenters. The van der Waals surface area contributed by atoms with E-state index in [4.69, 9.17) is 0 Å². The minimum absolute atomic E-state index is 0.0597. The van der Waals surface area contributed by atoms with Crippen LogP contribution >= 0.6 is 0 Å². The molecule has 2 rings (SSSR count). The van der Waals surface area contributed by atoms with Crippen molar-refractivity contribution in [1.29, 1.82) is 0 Å². The summed E-state index contributed by atoms with van der Waals surface area (Å²) in [6, 6.07) is 3.39. The minimum Gasteiger partial charge on any atom is -0.481 e. The number of rotatable bonds is 4. The highest BCUT2D eigenvalue weighted by molar-refractivity contribution is 5.92. The maximum absolute atomic E-state index is 12.2. The molecule has 0 unspecified atom stereocenters. The molecular weight excluding hydrogens is 260 g/mol. The lowest BCUT2D eigenvalue weighted by Gasteiger charge is -2.42. The fourth-order valence-electron chi connectivity index (χ4n) is 2.89. The Morgan fingerprint density at radius 3 is 2.80 bits per heavy atom. The number of β-amino-alcohol motifs (C(OH)–C–C–N with tert-alkyl or cyclic N) is 1. The third kappa shape index (κ3) is 2.43. The summed E-state index contributed by atoms with van der Waals surface area (Å²) < 4.78 is 0. The summed E-state index contributed by atoms with van der Waals surface area (Å²) in [5, 5.41) is 19.7. The predicted octanol–water partition coefficient (Wildman–Crippen LogP) is 1.09. The van der Waals surface area contributed by atoms with E-state index in [1.54, 1.807) is 18.3 Å². The van der Waals surface area contributed by atoms with Crippen LogP contribution in [0.25, 0.3) is 0 Å². The number of aliphatic hydroxyl groups excluding tert-OH is 1. The number of aromatic amines is 1. The average Bonchev–Trinajstić information content (AvgIpc) is 2.94. The molecule has 6 heteroatoms. The zero-order valence-corrected chi connectivity index (χ0v) is 11.5. The van der Waals surface area contributed by atoms with Gasteiger partial charge in [-0.25, -0.2) is 0 Å². The van der Waals surface area contributed by atoms with Gasteiger partial charge in [0.15, 0.2) is 0 Å². The highest BCUT2D eigenvalue weighted by Crippen LogP contribution is 2.37. The van der Waals surface area contributed by atoms with Gasteiger partial charge in [0.05, 0.1) is 11.5 Å². The topological polar surface area (TPSA) is 93.6 Å². The molecule has 1 amide bonds. The van der Waals surface area contributed by atoms with Crippen molar-refractivity contribution >= 4 is 11.9 Å². The van der Waals surface area contributed by atoms with Crippen LogP contribution < -0.4 is 0 Å². The summed E-state index contributed by atoms with van der Waals surface area (Å²) in [4.78, 5) is 28.0. The fraction of sp³-hybridized carbons (Fsp3) is 0.571. The lowest BCUT2D eigenvalue weighted by molar-refractivity contribution is -0.162. The van der Waals surface area contributed by atoms with Gasteiger partial charge in [-0.2, -0.15) is 0 Å². The Kier molecular flexibility index (Phi) is 4.13. The summed E-state index contributed by atoms with van der Waals surface area (Å²) >= 11 is 0. The van der Waals surface area contributed by atoms with Crippen LogP contribution in [-0.4, -0.2) is 51.2 Å². The molecule has 20 heavy (non-hydrogen) atoms. The molecule has 0 aromatic carbocycles. The normalized spacial score (nSPS) is 26.5. The highest BCUT2D eigenvalue weighted by atomic mass is 16.4. The van der Waals surface area contributed by atoms with Gasteiger partial charge >= 0.3 is 5.97 Å². The maximum atomic E-state index is 12.2. The second-order valence-electron chi connectivity index (χ2n) is 5.31. The van der Waals surface area contributed by atoms with Gasteiger partial charge in [0.1, 0.15) is 5.69 Å². The Balaban J connectivity index is 2.12. The molecule has 0 bridgehead atoms. The molecule has 0 saturated carbocycles. The first-order chi connectivity index (χ1) is 9.51. The molecule has 0 radical (unpaired) electrons. The van der Waals surface area contributed by atoms with Crippen LogP contribution in [0.3, 0.4) is 0 Å². The zero-order chi connectivity index (χ0) is 14.8. The first-order valence-electron chi connectivity index (χ1n) is 6.85. The molecule has 3 N–H and O–H groups in total. The molecule has 1 aromatic rings. The number of H-pyrrole nitrogens is 1. The van der Waals surface area contributed by atoms with E-state index < -0.39 is 17.5 Å². The predicted molar refractivity (Wildman–Crippen MR) is 72.3 cm³/mol. The number of hydrogen-bond acceptors (Lipinski definition) is 3. The number of carboxylic acid groups (broad SMARTS) is 1. The molecule has 1 aliphatic heterocycles. The van der Waals surface area contributed by atoms with Gasteiger partial charge < -0.3 is 20.1 Å². The Bertz CT molecular complexity index is 485. The SMILES string of the molecule is CCC[C@]1(C(=O)O)CCN(C(=O)c2ccc[nH]2)C[C@@H]1O. The largest absolute Gasteiger partial charge is 0.481 e. The molecule has 1 aromatic heterocycles. The summed E-state index contributed by atoms with van der Waals surface area (Å²) in [5.74, 6) is -1.18. The van der Waals surface area contributed by atoms with E-state index in [1.165, 1.54) is 4.90 Å². The number of piperidine rings is 1. The lowest BCUT2D eigenvalue weighted by Crippen LogP contribution is -2.56. The average molecular weight is 280 g/mol. The van der Waals surface area contributed by atoms with Gasteiger partial charge in [-0.15, -0.1) is 0 Å². The number of nitrogens with one attached hydrogen (secondary N) is 1. The Morgan fingerprint density at radius 1 is 1.55 bits per heavy atom. The van der Waals surface area contributed by atoms with Crippen LogP contribution in [0, 0.1) is 5.41 Å². The highest BCUT2D eigenvalue weighted by Gasteiger charge is 2.48. The number of likely N-dealkylation sites (tertiary alicyclic amines) is 1. The summed E-state index contributed by atoms with van der Waals surface area (Å²) in [6.45, 7) is 2.30. The van der Waals surface area contributed by atoms with Crippen LogP contribution in [0.4, 0.5) is 0 Å². The number of aliphatic carboxylic acids is 1.